The first-order chi connectivity index (χ1) is 13.6. The molecule has 0 aliphatic heterocycles. The number of rotatable bonds is 8. The van der Waals surface area contributed by atoms with Crippen LogP contribution < -0.4 is 5.32 Å². The third-order valence-electron chi connectivity index (χ3n) is 4.02. The standard InChI is InChI=1S/C20H21N5O2S/c1-3-12-25-19(15-8-10-21-11-9-15)23-24-20(25)28-13-18(27)22-17-7-5-4-6-16(17)14(2)26/h4-11H,3,12-13H2,1-2H3,(H,22,27). The monoisotopic (exact) mass is 395 g/mol. The van der Waals surface area contributed by atoms with Crippen LogP contribution in [0.2, 0.25) is 0 Å². The van der Waals surface area contributed by atoms with E-state index in [0.717, 1.165) is 24.4 Å². The fraction of sp³-hybridized carbons (Fsp3) is 0.250. The van der Waals surface area contributed by atoms with Crippen molar-refractivity contribution in [3.8, 4) is 11.4 Å². The van der Waals surface area contributed by atoms with E-state index in [4.69, 9.17) is 0 Å². The van der Waals surface area contributed by atoms with Crippen molar-refractivity contribution >= 4 is 29.1 Å². The highest BCUT2D eigenvalue weighted by molar-refractivity contribution is 7.99. The van der Waals surface area contributed by atoms with E-state index in [2.05, 4.69) is 27.4 Å². The predicted molar refractivity (Wildman–Crippen MR) is 109 cm³/mol. The number of thioether (sulfide) groups is 1. The van der Waals surface area contributed by atoms with Crippen LogP contribution in [0, 0.1) is 0 Å². The van der Waals surface area contributed by atoms with Gasteiger partial charge in [0, 0.05) is 30.1 Å². The second-order valence-electron chi connectivity index (χ2n) is 6.13. The molecule has 1 aromatic carbocycles. The lowest BCUT2D eigenvalue weighted by atomic mass is 10.1. The van der Waals surface area contributed by atoms with E-state index in [1.807, 2.05) is 16.7 Å². The Bertz CT molecular complexity index is 972. The summed E-state index contributed by atoms with van der Waals surface area (Å²) in [5, 5.41) is 12.0. The maximum absolute atomic E-state index is 12.4. The molecule has 3 aromatic rings. The van der Waals surface area contributed by atoms with Gasteiger partial charge < -0.3 is 9.88 Å². The third-order valence-corrected chi connectivity index (χ3v) is 4.98. The van der Waals surface area contributed by atoms with Crippen LogP contribution in [0.5, 0.6) is 0 Å². The van der Waals surface area contributed by atoms with E-state index in [0.29, 0.717) is 16.4 Å². The van der Waals surface area contributed by atoms with Crippen LogP contribution in [0.25, 0.3) is 11.4 Å². The molecule has 2 heterocycles. The van der Waals surface area contributed by atoms with Crippen molar-refractivity contribution < 1.29 is 9.59 Å². The Hall–Kier alpha value is -3.00. The zero-order chi connectivity index (χ0) is 19.9. The van der Waals surface area contributed by atoms with Crippen LogP contribution in [0.3, 0.4) is 0 Å². The van der Waals surface area contributed by atoms with Crippen LogP contribution in [0.15, 0.2) is 53.9 Å². The largest absolute Gasteiger partial charge is 0.325 e. The molecule has 1 amide bonds. The molecule has 7 nitrogen and oxygen atoms in total. The minimum absolute atomic E-state index is 0.0896. The van der Waals surface area contributed by atoms with Crippen LogP contribution >= 0.6 is 11.8 Å². The molecule has 2 aromatic heterocycles. The summed E-state index contributed by atoms with van der Waals surface area (Å²) in [5.41, 5.74) is 1.95. The van der Waals surface area contributed by atoms with Gasteiger partial charge in [0.2, 0.25) is 5.91 Å². The zero-order valence-electron chi connectivity index (χ0n) is 15.8. The molecule has 28 heavy (non-hydrogen) atoms. The van der Waals surface area contributed by atoms with E-state index in [-0.39, 0.29) is 17.4 Å². The summed E-state index contributed by atoms with van der Waals surface area (Å²) in [6.45, 7) is 4.31. The van der Waals surface area contributed by atoms with Gasteiger partial charge in [0.05, 0.1) is 11.4 Å². The fourth-order valence-corrected chi connectivity index (χ4v) is 3.52. The average Bonchev–Trinajstić information content (AvgIpc) is 3.10. The number of carbonyl (C=O) groups is 2. The van der Waals surface area contributed by atoms with Gasteiger partial charge in [0.1, 0.15) is 0 Å². The Morgan fingerprint density at radius 1 is 1.11 bits per heavy atom. The van der Waals surface area contributed by atoms with E-state index < -0.39 is 0 Å². The molecule has 0 atom stereocenters. The maximum Gasteiger partial charge on any atom is 0.234 e. The van der Waals surface area contributed by atoms with Crippen molar-refractivity contribution in [3.05, 3.63) is 54.4 Å². The van der Waals surface area contributed by atoms with Gasteiger partial charge in [-0.15, -0.1) is 10.2 Å². The predicted octanol–water partition coefficient (Wildman–Crippen LogP) is 3.68. The number of carbonyl (C=O) groups excluding carboxylic acids is 2. The number of Topliss-reactive ketones (excluding diaryl/α,β-unsaturated/α-hetero) is 1. The minimum atomic E-state index is -0.199. The minimum Gasteiger partial charge on any atom is -0.325 e. The average molecular weight is 395 g/mol. The molecule has 3 rings (SSSR count). The van der Waals surface area contributed by atoms with Gasteiger partial charge >= 0.3 is 0 Å². The second kappa shape index (κ2) is 9.27. The zero-order valence-corrected chi connectivity index (χ0v) is 16.6. The SMILES string of the molecule is CCCn1c(SCC(=O)Nc2ccccc2C(C)=O)nnc1-c1ccncc1. The molecule has 0 unspecified atom stereocenters. The lowest BCUT2D eigenvalue weighted by molar-refractivity contribution is -0.113. The first-order valence-corrected chi connectivity index (χ1v) is 9.95. The highest BCUT2D eigenvalue weighted by Gasteiger charge is 2.16. The smallest absolute Gasteiger partial charge is 0.234 e. The number of amides is 1. The van der Waals surface area contributed by atoms with E-state index in [9.17, 15) is 9.59 Å². The van der Waals surface area contributed by atoms with Crippen molar-refractivity contribution in [2.75, 3.05) is 11.1 Å². The van der Waals surface area contributed by atoms with Crippen molar-refractivity contribution in [1.82, 2.24) is 19.7 Å². The number of hydrogen-bond acceptors (Lipinski definition) is 6. The number of aromatic nitrogens is 4. The van der Waals surface area contributed by atoms with Crippen LogP contribution in [0.4, 0.5) is 5.69 Å². The van der Waals surface area contributed by atoms with Crippen LogP contribution in [0.1, 0.15) is 30.6 Å². The molecule has 0 radical (unpaired) electrons. The third kappa shape index (κ3) is 4.64. The van der Waals surface area contributed by atoms with Gasteiger partial charge in [0.25, 0.3) is 0 Å². The van der Waals surface area contributed by atoms with Gasteiger partial charge in [-0.2, -0.15) is 0 Å². The Kier molecular flexibility index (Phi) is 6.54. The highest BCUT2D eigenvalue weighted by atomic mass is 32.2. The summed E-state index contributed by atoms with van der Waals surface area (Å²) in [4.78, 5) is 28.1. The first kappa shape index (κ1) is 19.8. The molecule has 0 saturated heterocycles. The fourth-order valence-electron chi connectivity index (χ4n) is 2.75. The topological polar surface area (TPSA) is 89.8 Å². The Morgan fingerprint density at radius 2 is 1.86 bits per heavy atom. The quantitative estimate of drug-likeness (QED) is 0.462. The van der Waals surface area contributed by atoms with Crippen LogP contribution in [-0.2, 0) is 11.3 Å². The molecule has 1 N–H and O–H groups in total. The summed E-state index contributed by atoms with van der Waals surface area (Å²) < 4.78 is 2.01. The molecule has 8 heteroatoms. The number of hydrogen-bond donors (Lipinski definition) is 1. The molecular weight excluding hydrogens is 374 g/mol. The molecule has 0 aliphatic carbocycles. The molecule has 0 bridgehead atoms. The van der Waals surface area contributed by atoms with Gasteiger partial charge in [-0.05, 0) is 37.6 Å². The van der Waals surface area contributed by atoms with Crippen molar-refractivity contribution in [2.24, 2.45) is 0 Å². The van der Waals surface area contributed by atoms with Crippen LogP contribution in [-0.4, -0.2) is 37.2 Å². The lowest BCUT2D eigenvalue weighted by Crippen LogP contribution is -2.16. The molecule has 0 saturated carbocycles. The summed E-state index contributed by atoms with van der Waals surface area (Å²) in [6, 6.07) is 10.7. The molecule has 0 spiro atoms. The molecule has 144 valence electrons. The van der Waals surface area contributed by atoms with E-state index >= 15 is 0 Å². The first-order valence-electron chi connectivity index (χ1n) is 8.96. The normalized spacial score (nSPS) is 10.6. The van der Waals surface area contributed by atoms with Gasteiger partial charge in [0.15, 0.2) is 16.8 Å². The molecule has 0 aliphatic rings. The number of benzene rings is 1. The van der Waals surface area contributed by atoms with Crippen molar-refractivity contribution in [1.29, 1.82) is 0 Å². The summed E-state index contributed by atoms with van der Waals surface area (Å²) in [5.74, 6) is 0.641. The van der Waals surface area contributed by atoms with E-state index in [1.54, 1.807) is 36.7 Å². The van der Waals surface area contributed by atoms with Crippen molar-refractivity contribution in [3.63, 3.8) is 0 Å². The Labute approximate surface area is 167 Å². The Morgan fingerprint density at radius 3 is 2.57 bits per heavy atom. The second-order valence-corrected chi connectivity index (χ2v) is 7.07. The highest BCUT2D eigenvalue weighted by Crippen LogP contribution is 2.24. The van der Waals surface area contributed by atoms with E-state index in [1.165, 1.54) is 18.7 Å². The summed E-state index contributed by atoms with van der Waals surface area (Å²) in [7, 11) is 0. The lowest BCUT2D eigenvalue weighted by Gasteiger charge is -2.10. The molecule has 0 fully saturated rings. The van der Waals surface area contributed by atoms with Gasteiger partial charge in [-0.1, -0.05) is 30.8 Å². The number of nitrogens with zero attached hydrogens (tertiary/aromatic N) is 4. The maximum atomic E-state index is 12.4. The van der Waals surface area contributed by atoms with Gasteiger partial charge in [-0.3, -0.25) is 14.6 Å². The number of para-hydroxylation sites is 1. The Balaban J connectivity index is 1.72. The summed E-state index contributed by atoms with van der Waals surface area (Å²) >= 11 is 1.32. The van der Waals surface area contributed by atoms with Crippen molar-refractivity contribution in [2.45, 2.75) is 32.0 Å². The number of anilines is 1. The summed E-state index contributed by atoms with van der Waals surface area (Å²) in [6.07, 6.45) is 4.35. The molecular formula is C20H21N5O2S. The number of pyridine rings is 1. The van der Waals surface area contributed by atoms with Gasteiger partial charge in [-0.25, -0.2) is 0 Å². The number of nitrogens with one attached hydrogen (secondary N) is 1. The number of ketones is 1.